The molecule has 0 saturated carbocycles. The summed E-state index contributed by atoms with van der Waals surface area (Å²) < 4.78 is 0. The van der Waals surface area contributed by atoms with Crippen molar-refractivity contribution in [1.82, 2.24) is 5.32 Å². The van der Waals surface area contributed by atoms with E-state index in [0.717, 1.165) is 27.4 Å². The smallest absolute Gasteiger partial charge is 0.259 e. The molecule has 136 valence electrons. The van der Waals surface area contributed by atoms with Gasteiger partial charge in [0.1, 0.15) is 6.54 Å². The normalized spacial score (nSPS) is 12.7. The van der Waals surface area contributed by atoms with Crippen molar-refractivity contribution in [2.75, 3.05) is 11.4 Å². The summed E-state index contributed by atoms with van der Waals surface area (Å²) in [5.41, 5.74) is 2.50. The number of hydrogen-bond donors (Lipinski definition) is 1. The molecule has 0 atom stereocenters. The maximum Gasteiger partial charge on any atom is 0.259 e. The van der Waals surface area contributed by atoms with Crippen LogP contribution < -0.4 is 10.2 Å². The van der Waals surface area contributed by atoms with Crippen molar-refractivity contribution in [3.63, 3.8) is 0 Å². The van der Waals surface area contributed by atoms with Crippen molar-refractivity contribution in [1.29, 1.82) is 0 Å². The van der Waals surface area contributed by atoms with Gasteiger partial charge in [-0.3, -0.25) is 14.5 Å². The zero-order chi connectivity index (χ0) is 19.1. The van der Waals surface area contributed by atoms with E-state index in [-0.39, 0.29) is 18.4 Å². The summed E-state index contributed by atoms with van der Waals surface area (Å²) in [4.78, 5) is 26.9. The Morgan fingerprint density at radius 1 is 0.821 bits per heavy atom. The van der Waals surface area contributed by atoms with E-state index < -0.39 is 0 Å². The molecule has 4 aromatic carbocycles. The first-order valence-electron chi connectivity index (χ1n) is 9.29. The lowest BCUT2D eigenvalue weighted by Gasteiger charge is -2.17. The van der Waals surface area contributed by atoms with E-state index in [2.05, 4.69) is 29.6 Å². The van der Waals surface area contributed by atoms with E-state index in [9.17, 15) is 9.59 Å². The van der Waals surface area contributed by atoms with Crippen molar-refractivity contribution in [3.05, 3.63) is 90.0 Å². The average molecular weight is 366 g/mol. The highest BCUT2D eigenvalue weighted by Gasteiger charge is 2.30. The van der Waals surface area contributed by atoms with E-state index in [4.69, 9.17) is 0 Å². The standard InChI is InChI=1S/C24H18N2O2/c27-22(25-14-16-11-12-17-5-1-2-6-19(17)13-16)15-26-21-10-4-8-18-7-3-9-20(23(18)21)24(26)28/h1-13H,14-15H2,(H,25,27). The molecule has 0 radical (unpaired) electrons. The van der Waals surface area contributed by atoms with Gasteiger partial charge in [0.05, 0.1) is 5.69 Å². The van der Waals surface area contributed by atoms with Gasteiger partial charge in [-0.05, 0) is 39.9 Å². The molecule has 0 aliphatic carbocycles. The van der Waals surface area contributed by atoms with Crippen LogP contribution in [0.5, 0.6) is 0 Å². The Morgan fingerprint density at radius 3 is 2.43 bits per heavy atom. The van der Waals surface area contributed by atoms with E-state index in [1.54, 1.807) is 4.90 Å². The molecule has 1 aliphatic rings. The summed E-state index contributed by atoms with van der Waals surface area (Å²) in [6.45, 7) is 0.447. The van der Waals surface area contributed by atoms with Gasteiger partial charge in [-0.15, -0.1) is 0 Å². The van der Waals surface area contributed by atoms with Crippen LogP contribution in [0.4, 0.5) is 5.69 Å². The molecule has 0 bridgehead atoms. The van der Waals surface area contributed by atoms with Gasteiger partial charge in [-0.25, -0.2) is 0 Å². The Kier molecular flexibility index (Phi) is 3.83. The van der Waals surface area contributed by atoms with Gasteiger partial charge in [0.2, 0.25) is 5.91 Å². The predicted octanol–water partition coefficient (Wildman–Crippen LogP) is 4.27. The molecule has 28 heavy (non-hydrogen) atoms. The highest BCUT2D eigenvalue weighted by atomic mass is 16.2. The average Bonchev–Trinajstić information content (AvgIpc) is 3.00. The van der Waals surface area contributed by atoms with Crippen molar-refractivity contribution in [3.8, 4) is 0 Å². The topological polar surface area (TPSA) is 49.4 Å². The monoisotopic (exact) mass is 366 g/mol. The molecule has 0 saturated heterocycles. The Bertz CT molecular complexity index is 1240. The zero-order valence-electron chi connectivity index (χ0n) is 15.2. The first-order chi connectivity index (χ1) is 13.7. The van der Waals surface area contributed by atoms with Crippen LogP contribution >= 0.6 is 0 Å². The molecule has 0 spiro atoms. The third kappa shape index (κ3) is 2.70. The molecule has 0 unspecified atom stereocenters. The number of hydrogen-bond acceptors (Lipinski definition) is 2. The Hall–Kier alpha value is -3.66. The van der Waals surface area contributed by atoms with Crippen LogP contribution in [0.15, 0.2) is 78.9 Å². The molecule has 5 rings (SSSR count). The largest absolute Gasteiger partial charge is 0.350 e. The molecular formula is C24H18N2O2. The number of anilines is 1. The number of carbonyl (C=O) groups excluding carboxylic acids is 2. The summed E-state index contributed by atoms with van der Waals surface area (Å²) >= 11 is 0. The first-order valence-corrected chi connectivity index (χ1v) is 9.29. The lowest BCUT2D eigenvalue weighted by atomic mass is 10.1. The summed E-state index contributed by atoms with van der Waals surface area (Å²) in [6.07, 6.45) is 0. The van der Waals surface area contributed by atoms with E-state index in [1.165, 1.54) is 5.39 Å². The van der Waals surface area contributed by atoms with Gasteiger partial charge in [0, 0.05) is 17.5 Å². The minimum Gasteiger partial charge on any atom is -0.350 e. The van der Waals surface area contributed by atoms with E-state index in [0.29, 0.717) is 12.1 Å². The van der Waals surface area contributed by atoms with Gasteiger partial charge >= 0.3 is 0 Å². The van der Waals surface area contributed by atoms with Gasteiger partial charge in [0.15, 0.2) is 0 Å². The van der Waals surface area contributed by atoms with Crippen LogP contribution in [0.25, 0.3) is 21.5 Å². The number of amides is 2. The molecule has 1 aliphatic heterocycles. The number of benzene rings is 4. The van der Waals surface area contributed by atoms with E-state index in [1.807, 2.05) is 54.6 Å². The van der Waals surface area contributed by atoms with Crippen molar-refractivity contribution in [2.45, 2.75) is 6.54 Å². The molecule has 4 nitrogen and oxygen atoms in total. The van der Waals surface area contributed by atoms with Crippen molar-refractivity contribution < 1.29 is 9.59 Å². The van der Waals surface area contributed by atoms with Gasteiger partial charge in [-0.1, -0.05) is 60.7 Å². The number of fused-ring (bicyclic) bond motifs is 1. The third-order valence-corrected chi connectivity index (χ3v) is 5.25. The zero-order valence-corrected chi connectivity index (χ0v) is 15.2. The molecule has 4 aromatic rings. The number of carbonyl (C=O) groups is 2. The fourth-order valence-corrected chi connectivity index (χ4v) is 3.89. The number of nitrogens with zero attached hydrogens (tertiary/aromatic N) is 1. The predicted molar refractivity (Wildman–Crippen MR) is 111 cm³/mol. The minimum atomic E-state index is -0.175. The SMILES string of the molecule is O=C(CN1C(=O)c2cccc3cccc1c23)NCc1ccc2ccccc2c1. The Labute approximate surface area is 162 Å². The second-order valence-electron chi connectivity index (χ2n) is 7.03. The number of rotatable bonds is 4. The lowest BCUT2D eigenvalue weighted by Crippen LogP contribution is -2.38. The first kappa shape index (κ1) is 16.5. The highest BCUT2D eigenvalue weighted by molar-refractivity contribution is 6.26. The van der Waals surface area contributed by atoms with Crippen LogP contribution in [-0.4, -0.2) is 18.4 Å². The summed E-state index contributed by atoms with van der Waals surface area (Å²) in [7, 11) is 0. The van der Waals surface area contributed by atoms with E-state index >= 15 is 0 Å². The van der Waals surface area contributed by atoms with Crippen LogP contribution in [0, 0.1) is 0 Å². The summed E-state index contributed by atoms with van der Waals surface area (Å²) in [6, 6.07) is 25.8. The molecule has 4 heteroatoms. The van der Waals surface area contributed by atoms with Crippen molar-refractivity contribution in [2.24, 2.45) is 0 Å². The van der Waals surface area contributed by atoms with Gasteiger partial charge in [-0.2, -0.15) is 0 Å². The Morgan fingerprint density at radius 2 is 1.57 bits per heavy atom. The lowest BCUT2D eigenvalue weighted by molar-refractivity contribution is -0.119. The quantitative estimate of drug-likeness (QED) is 0.586. The Balaban J connectivity index is 1.32. The molecule has 0 fully saturated rings. The molecule has 1 heterocycles. The molecule has 2 amide bonds. The second-order valence-corrected chi connectivity index (χ2v) is 7.03. The van der Waals surface area contributed by atoms with Crippen LogP contribution in [0.2, 0.25) is 0 Å². The van der Waals surface area contributed by atoms with Crippen LogP contribution in [-0.2, 0) is 11.3 Å². The fraction of sp³-hybridized carbons (Fsp3) is 0.0833. The summed E-state index contributed by atoms with van der Waals surface area (Å²) in [5.74, 6) is -0.293. The van der Waals surface area contributed by atoms with Crippen LogP contribution in [0.1, 0.15) is 15.9 Å². The maximum absolute atomic E-state index is 12.8. The van der Waals surface area contributed by atoms with Crippen molar-refractivity contribution >= 4 is 39.0 Å². The minimum absolute atomic E-state index is 0.0141. The second kappa shape index (κ2) is 6.50. The van der Waals surface area contributed by atoms with Gasteiger partial charge < -0.3 is 5.32 Å². The maximum atomic E-state index is 12.8. The van der Waals surface area contributed by atoms with Crippen LogP contribution in [0.3, 0.4) is 0 Å². The molecule has 1 N–H and O–H groups in total. The fourth-order valence-electron chi connectivity index (χ4n) is 3.89. The number of nitrogens with one attached hydrogen (secondary N) is 1. The molecule has 0 aromatic heterocycles. The highest BCUT2D eigenvalue weighted by Crippen LogP contribution is 2.36. The molecular weight excluding hydrogens is 348 g/mol. The third-order valence-electron chi connectivity index (χ3n) is 5.25. The van der Waals surface area contributed by atoms with Gasteiger partial charge in [0.25, 0.3) is 5.91 Å². The summed E-state index contributed by atoms with van der Waals surface area (Å²) in [5, 5.41) is 7.20.